The largest absolute Gasteiger partial charge is 0.481 e. The van der Waals surface area contributed by atoms with Crippen LogP contribution in [-0.2, 0) is 11.8 Å². The molecule has 2 heterocycles. The molecular formula is C26H30N6O5. The van der Waals surface area contributed by atoms with Crippen molar-refractivity contribution in [2.75, 3.05) is 11.9 Å². The van der Waals surface area contributed by atoms with E-state index >= 15 is 0 Å². The highest BCUT2D eigenvalue weighted by Crippen LogP contribution is 2.56. The van der Waals surface area contributed by atoms with Crippen LogP contribution < -0.4 is 10.6 Å². The molecule has 11 heteroatoms. The number of carboxylic acid groups (broad SMARTS) is 2. The average molecular weight is 507 g/mol. The minimum absolute atomic E-state index is 0.0657. The summed E-state index contributed by atoms with van der Waals surface area (Å²) in [6, 6.07) is 6.41. The van der Waals surface area contributed by atoms with E-state index in [4.69, 9.17) is 5.11 Å². The summed E-state index contributed by atoms with van der Waals surface area (Å²) >= 11 is 0. The van der Waals surface area contributed by atoms with Gasteiger partial charge in [-0.2, -0.15) is 5.10 Å². The Hall–Kier alpha value is -4.02. The first-order chi connectivity index (χ1) is 17.6. The Balaban J connectivity index is 1.31. The van der Waals surface area contributed by atoms with Crippen LogP contribution in [0.2, 0.25) is 0 Å². The van der Waals surface area contributed by atoms with Crippen molar-refractivity contribution in [3.8, 4) is 0 Å². The zero-order valence-corrected chi connectivity index (χ0v) is 20.8. The van der Waals surface area contributed by atoms with Crippen molar-refractivity contribution >= 4 is 34.7 Å². The highest BCUT2D eigenvalue weighted by Gasteiger charge is 2.52. The lowest BCUT2D eigenvalue weighted by Gasteiger charge is -2.51. The molecule has 37 heavy (non-hydrogen) atoms. The number of aromatic carboxylic acids is 1. The summed E-state index contributed by atoms with van der Waals surface area (Å²) in [5, 5.41) is 29.6. The van der Waals surface area contributed by atoms with E-state index in [0.29, 0.717) is 42.7 Å². The fourth-order valence-corrected chi connectivity index (χ4v) is 5.77. The molecule has 1 aromatic carbocycles. The van der Waals surface area contributed by atoms with Gasteiger partial charge in [0.1, 0.15) is 17.4 Å². The molecule has 194 valence electrons. The van der Waals surface area contributed by atoms with Crippen LogP contribution in [0.5, 0.6) is 0 Å². The molecule has 3 aliphatic rings. The SMILES string of the molecule is CC(Nc1nn(C)c2c(C(=O)NCC34CCC(C(=O)O)(CC3)CC4)ncnc12)c1ccc(C(=O)O)cc1. The molecule has 2 bridgehead atoms. The number of nitrogens with zero attached hydrogens (tertiary/aromatic N) is 4. The third-order valence-electron chi connectivity index (χ3n) is 8.33. The van der Waals surface area contributed by atoms with Gasteiger partial charge in [-0.05, 0) is 68.6 Å². The van der Waals surface area contributed by atoms with Gasteiger partial charge < -0.3 is 20.8 Å². The topological polar surface area (TPSA) is 159 Å². The Morgan fingerprint density at radius 2 is 1.68 bits per heavy atom. The van der Waals surface area contributed by atoms with E-state index in [-0.39, 0.29) is 28.6 Å². The first-order valence-corrected chi connectivity index (χ1v) is 12.4. The number of fused-ring (bicyclic) bond motifs is 4. The number of carbonyl (C=O) groups excluding carboxylic acids is 1. The molecule has 0 aliphatic heterocycles. The smallest absolute Gasteiger partial charge is 0.335 e. The Kier molecular flexibility index (Phi) is 6.09. The molecule has 3 aromatic rings. The fourth-order valence-electron chi connectivity index (χ4n) is 5.77. The average Bonchev–Trinajstić information content (AvgIpc) is 3.23. The molecule has 2 aromatic heterocycles. The second-order valence-corrected chi connectivity index (χ2v) is 10.5. The van der Waals surface area contributed by atoms with Crippen LogP contribution in [0.1, 0.15) is 77.9 Å². The molecule has 3 saturated carbocycles. The van der Waals surface area contributed by atoms with Crippen molar-refractivity contribution in [3.05, 3.63) is 47.4 Å². The molecule has 3 fully saturated rings. The van der Waals surface area contributed by atoms with E-state index in [2.05, 4.69) is 25.7 Å². The summed E-state index contributed by atoms with van der Waals surface area (Å²) in [5.41, 5.74) is 1.69. The number of aryl methyl sites for hydroxylation is 1. The molecule has 1 atom stereocenters. The van der Waals surface area contributed by atoms with Crippen LogP contribution in [0.15, 0.2) is 30.6 Å². The standard InChI is InChI=1S/C26H30N6O5/c1-15(16-3-5-17(6-4-16)23(34)35)30-21-18-20(32(2)31-21)19(29-14-28-18)22(33)27-13-25-7-10-26(11-8-25,12-9-25)24(36)37/h3-6,14-15H,7-13H2,1-2H3,(H,27,33)(H,30,31)(H,34,35)(H,36,37). The number of benzene rings is 1. The highest BCUT2D eigenvalue weighted by atomic mass is 16.4. The first-order valence-electron chi connectivity index (χ1n) is 12.4. The maximum Gasteiger partial charge on any atom is 0.335 e. The number of carboxylic acids is 2. The van der Waals surface area contributed by atoms with Gasteiger partial charge >= 0.3 is 11.9 Å². The van der Waals surface area contributed by atoms with E-state index in [0.717, 1.165) is 24.8 Å². The monoisotopic (exact) mass is 506 g/mol. The van der Waals surface area contributed by atoms with Gasteiger partial charge in [0.25, 0.3) is 5.91 Å². The van der Waals surface area contributed by atoms with Gasteiger partial charge in [-0.3, -0.25) is 14.3 Å². The van der Waals surface area contributed by atoms with E-state index in [1.54, 1.807) is 36.0 Å². The number of carbonyl (C=O) groups is 3. The number of rotatable bonds is 8. The molecule has 1 unspecified atom stereocenters. The van der Waals surface area contributed by atoms with Crippen molar-refractivity contribution in [1.29, 1.82) is 0 Å². The summed E-state index contributed by atoms with van der Waals surface area (Å²) in [5.74, 6) is -1.49. The summed E-state index contributed by atoms with van der Waals surface area (Å²) in [4.78, 5) is 44.7. The van der Waals surface area contributed by atoms with Crippen molar-refractivity contribution in [1.82, 2.24) is 25.1 Å². The van der Waals surface area contributed by atoms with E-state index < -0.39 is 17.4 Å². The van der Waals surface area contributed by atoms with Gasteiger partial charge in [-0.25, -0.2) is 14.8 Å². The van der Waals surface area contributed by atoms with Gasteiger partial charge in [-0.1, -0.05) is 12.1 Å². The maximum atomic E-state index is 13.2. The molecule has 0 saturated heterocycles. The fraction of sp³-hybridized carbons (Fsp3) is 0.462. The summed E-state index contributed by atoms with van der Waals surface area (Å²) in [6.07, 6.45) is 5.70. The van der Waals surface area contributed by atoms with Crippen LogP contribution in [0.4, 0.5) is 5.82 Å². The summed E-state index contributed by atoms with van der Waals surface area (Å²) in [7, 11) is 1.73. The van der Waals surface area contributed by atoms with E-state index in [1.165, 1.54) is 6.33 Å². The number of nitrogens with one attached hydrogen (secondary N) is 2. The predicted molar refractivity (Wildman–Crippen MR) is 134 cm³/mol. The van der Waals surface area contributed by atoms with Gasteiger partial charge in [0, 0.05) is 13.6 Å². The zero-order chi connectivity index (χ0) is 26.4. The Morgan fingerprint density at radius 3 is 2.27 bits per heavy atom. The van der Waals surface area contributed by atoms with Crippen molar-refractivity contribution in [2.45, 2.75) is 51.5 Å². The lowest BCUT2D eigenvalue weighted by atomic mass is 9.53. The third kappa shape index (κ3) is 4.38. The normalized spacial score (nSPS) is 23.5. The van der Waals surface area contributed by atoms with Crippen LogP contribution in [0.25, 0.3) is 11.0 Å². The highest BCUT2D eigenvalue weighted by molar-refractivity contribution is 6.05. The van der Waals surface area contributed by atoms with Crippen LogP contribution >= 0.6 is 0 Å². The summed E-state index contributed by atoms with van der Waals surface area (Å²) in [6.45, 7) is 2.41. The van der Waals surface area contributed by atoms with E-state index in [9.17, 15) is 19.5 Å². The van der Waals surface area contributed by atoms with Crippen LogP contribution in [0, 0.1) is 10.8 Å². The second kappa shape index (κ2) is 9.13. The zero-order valence-electron chi connectivity index (χ0n) is 20.8. The summed E-state index contributed by atoms with van der Waals surface area (Å²) < 4.78 is 1.58. The quantitative estimate of drug-likeness (QED) is 0.359. The van der Waals surface area contributed by atoms with Crippen molar-refractivity contribution < 1.29 is 24.6 Å². The minimum atomic E-state index is -0.981. The molecular weight excluding hydrogens is 476 g/mol. The number of anilines is 1. The van der Waals surface area contributed by atoms with Gasteiger partial charge in [0.2, 0.25) is 0 Å². The second-order valence-electron chi connectivity index (χ2n) is 10.5. The number of amides is 1. The molecule has 0 radical (unpaired) electrons. The first kappa shape index (κ1) is 24.7. The number of aliphatic carboxylic acids is 1. The van der Waals surface area contributed by atoms with Crippen LogP contribution in [-0.4, -0.2) is 54.4 Å². The number of aromatic nitrogens is 4. The van der Waals surface area contributed by atoms with Gasteiger partial charge in [0.15, 0.2) is 11.5 Å². The van der Waals surface area contributed by atoms with E-state index in [1.807, 2.05) is 6.92 Å². The minimum Gasteiger partial charge on any atom is -0.481 e. The van der Waals surface area contributed by atoms with Gasteiger partial charge in [-0.15, -0.1) is 0 Å². The predicted octanol–water partition coefficient (Wildman–Crippen LogP) is 3.39. The molecule has 0 spiro atoms. The molecule has 6 rings (SSSR count). The number of hydrogen-bond acceptors (Lipinski definition) is 7. The number of hydrogen-bond donors (Lipinski definition) is 4. The van der Waals surface area contributed by atoms with Crippen molar-refractivity contribution in [3.63, 3.8) is 0 Å². The molecule has 4 N–H and O–H groups in total. The molecule has 3 aliphatic carbocycles. The van der Waals surface area contributed by atoms with Gasteiger partial charge in [0.05, 0.1) is 17.0 Å². The maximum absolute atomic E-state index is 13.2. The third-order valence-corrected chi connectivity index (χ3v) is 8.33. The lowest BCUT2D eigenvalue weighted by Crippen LogP contribution is -2.50. The molecule has 1 amide bonds. The van der Waals surface area contributed by atoms with Crippen LogP contribution in [0.3, 0.4) is 0 Å². The lowest BCUT2D eigenvalue weighted by molar-refractivity contribution is -0.158. The Labute approximate surface area is 213 Å². The molecule has 11 nitrogen and oxygen atoms in total. The van der Waals surface area contributed by atoms with Crippen molar-refractivity contribution in [2.24, 2.45) is 17.9 Å². The Bertz CT molecular complexity index is 1360. The Morgan fingerprint density at radius 1 is 1.03 bits per heavy atom.